The summed E-state index contributed by atoms with van der Waals surface area (Å²) >= 11 is 0. The molecule has 5 atom stereocenters. The molecule has 0 saturated heterocycles. The largest absolute Gasteiger partial charge is 0.472 e. The van der Waals surface area contributed by atoms with E-state index in [0.717, 1.165) is 180 Å². The summed E-state index contributed by atoms with van der Waals surface area (Å²) in [6.45, 7) is 4.51. The van der Waals surface area contributed by atoms with Crippen molar-refractivity contribution >= 4 is 39.5 Å². The molecule has 0 heterocycles. The zero-order valence-electron chi connectivity index (χ0n) is 67.5. The number of ether oxygens (including phenoxy) is 4. The summed E-state index contributed by atoms with van der Waals surface area (Å²) < 4.78 is 68.6. The van der Waals surface area contributed by atoms with E-state index in [9.17, 15) is 43.2 Å². The summed E-state index contributed by atoms with van der Waals surface area (Å²) in [4.78, 5) is 73.1. The molecule has 0 aromatic rings. The smallest absolute Gasteiger partial charge is 0.462 e. The minimum absolute atomic E-state index is 0.0289. The normalized spacial score (nSPS) is 14.6. The van der Waals surface area contributed by atoms with Crippen LogP contribution in [0.3, 0.4) is 0 Å². The van der Waals surface area contributed by atoms with E-state index in [2.05, 4.69) is 167 Å². The summed E-state index contributed by atoms with van der Waals surface area (Å²) in [5, 5.41) is 10.7. The van der Waals surface area contributed by atoms with Gasteiger partial charge in [0.25, 0.3) is 0 Å². The van der Waals surface area contributed by atoms with Crippen LogP contribution in [-0.4, -0.2) is 96.7 Å². The van der Waals surface area contributed by atoms with Crippen LogP contribution in [0.25, 0.3) is 0 Å². The first-order chi connectivity index (χ1) is 52.7. The number of esters is 4. The first-order valence-corrected chi connectivity index (χ1v) is 44.7. The summed E-state index contributed by atoms with van der Waals surface area (Å²) in [6.07, 6.45) is 93.7. The quantitative estimate of drug-likeness (QED) is 0.0169. The summed E-state index contributed by atoms with van der Waals surface area (Å²) in [5.41, 5.74) is 0. The third kappa shape index (κ3) is 78.8. The molecule has 0 spiro atoms. The van der Waals surface area contributed by atoms with Crippen molar-refractivity contribution in [3.63, 3.8) is 0 Å². The maximum absolute atomic E-state index is 13.1. The number of hydrogen-bond acceptors (Lipinski definition) is 15. The molecule has 0 saturated carbocycles. The Kier molecular flexibility index (Phi) is 75.8. The predicted octanol–water partition coefficient (Wildman–Crippen LogP) is 24.8. The minimum Gasteiger partial charge on any atom is -0.462 e. The van der Waals surface area contributed by atoms with Crippen LogP contribution in [0.15, 0.2) is 158 Å². The molecule has 0 aliphatic heterocycles. The van der Waals surface area contributed by atoms with Crippen molar-refractivity contribution < 1.29 is 80.2 Å². The molecule has 0 bridgehead atoms. The van der Waals surface area contributed by atoms with Gasteiger partial charge in [0, 0.05) is 25.7 Å². The van der Waals surface area contributed by atoms with Crippen LogP contribution in [-0.2, 0) is 65.4 Å². The lowest BCUT2D eigenvalue weighted by atomic mass is 10.1. The number of aliphatic hydroxyl groups is 1. The minimum atomic E-state index is -5.01. The van der Waals surface area contributed by atoms with Crippen molar-refractivity contribution in [2.24, 2.45) is 0 Å². The van der Waals surface area contributed by atoms with Gasteiger partial charge in [0.2, 0.25) is 0 Å². The molecule has 17 nitrogen and oxygen atoms in total. The highest BCUT2D eigenvalue weighted by molar-refractivity contribution is 7.47. The molecule has 0 rings (SSSR count). The third-order valence-corrected chi connectivity index (χ3v) is 18.9. The zero-order chi connectivity index (χ0) is 78.9. The lowest BCUT2D eigenvalue weighted by Crippen LogP contribution is -2.30. The highest BCUT2D eigenvalue weighted by Gasteiger charge is 2.30. The molecule has 108 heavy (non-hydrogen) atoms. The number of phosphoric acid groups is 2. The Morgan fingerprint density at radius 2 is 0.500 bits per heavy atom. The van der Waals surface area contributed by atoms with Gasteiger partial charge in [-0.05, 0) is 141 Å². The second-order valence-electron chi connectivity index (χ2n) is 27.3. The molecule has 3 N–H and O–H groups in total. The Morgan fingerprint density at radius 3 is 0.815 bits per heavy atom. The molecule has 0 amide bonds. The number of carbonyl (C=O) groups is 4. The lowest BCUT2D eigenvalue weighted by molar-refractivity contribution is -0.161. The Hall–Kier alpha value is -5.32. The van der Waals surface area contributed by atoms with Crippen LogP contribution in [0.5, 0.6) is 0 Å². The lowest BCUT2D eigenvalue weighted by Gasteiger charge is -2.21. The number of aliphatic hydroxyl groups excluding tert-OH is 1. The molecule has 0 aliphatic carbocycles. The van der Waals surface area contributed by atoms with E-state index < -0.39 is 97.5 Å². The van der Waals surface area contributed by atoms with Crippen LogP contribution in [0, 0.1) is 0 Å². The zero-order valence-corrected chi connectivity index (χ0v) is 69.3. The predicted molar refractivity (Wildman–Crippen MR) is 445 cm³/mol. The van der Waals surface area contributed by atoms with Crippen LogP contribution >= 0.6 is 15.6 Å². The fourth-order valence-corrected chi connectivity index (χ4v) is 12.3. The van der Waals surface area contributed by atoms with Crippen LogP contribution in [0.1, 0.15) is 323 Å². The van der Waals surface area contributed by atoms with Gasteiger partial charge in [-0.25, -0.2) is 9.13 Å². The average molecular weight is 1550 g/mol. The summed E-state index contributed by atoms with van der Waals surface area (Å²) in [6, 6.07) is 0. The van der Waals surface area contributed by atoms with Crippen molar-refractivity contribution in [2.45, 2.75) is 341 Å². The second kappa shape index (κ2) is 79.8. The van der Waals surface area contributed by atoms with Crippen molar-refractivity contribution in [3.8, 4) is 0 Å². The Bertz CT molecular complexity index is 2660. The van der Waals surface area contributed by atoms with Crippen LogP contribution < -0.4 is 0 Å². The molecule has 0 fully saturated rings. The van der Waals surface area contributed by atoms with Gasteiger partial charge in [-0.3, -0.25) is 37.3 Å². The van der Waals surface area contributed by atoms with E-state index in [0.29, 0.717) is 32.1 Å². The van der Waals surface area contributed by atoms with Crippen LogP contribution in [0.4, 0.5) is 0 Å². The molecular formula is C89H148O17P2. The fourth-order valence-electron chi connectivity index (χ4n) is 10.7. The molecule has 19 heteroatoms. The fraction of sp³-hybridized carbons (Fsp3) is 0.663. The van der Waals surface area contributed by atoms with Crippen molar-refractivity contribution in [3.05, 3.63) is 158 Å². The van der Waals surface area contributed by atoms with Gasteiger partial charge in [0.1, 0.15) is 19.3 Å². The van der Waals surface area contributed by atoms with E-state index in [1.54, 1.807) is 0 Å². The van der Waals surface area contributed by atoms with Gasteiger partial charge in [-0.2, -0.15) is 0 Å². The number of hydrogen-bond donors (Lipinski definition) is 3. The monoisotopic (exact) mass is 1550 g/mol. The van der Waals surface area contributed by atoms with Gasteiger partial charge < -0.3 is 33.8 Å². The molecular weight excluding hydrogens is 1400 g/mol. The highest BCUT2D eigenvalue weighted by atomic mass is 31.2. The van der Waals surface area contributed by atoms with Crippen molar-refractivity contribution in [2.75, 3.05) is 39.6 Å². The van der Waals surface area contributed by atoms with Crippen molar-refractivity contribution in [1.82, 2.24) is 0 Å². The second-order valence-corrected chi connectivity index (χ2v) is 30.2. The Balaban J connectivity index is 5.43. The van der Waals surface area contributed by atoms with Gasteiger partial charge in [0.15, 0.2) is 12.2 Å². The number of allylic oxidation sites excluding steroid dienone is 26. The highest BCUT2D eigenvalue weighted by Crippen LogP contribution is 2.45. The Morgan fingerprint density at radius 1 is 0.269 bits per heavy atom. The van der Waals surface area contributed by atoms with E-state index >= 15 is 0 Å². The topological polar surface area (TPSA) is 237 Å². The van der Waals surface area contributed by atoms with Gasteiger partial charge in [-0.15, -0.1) is 0 Å². The maximum Gasteiger partial charge on any atom is 0.472 e. The van der Waals surface area contributed by atoms with Gasteiger partial charge >= 0.3 is 39.5 Å². The van der Waals surface area contributed by atoms with Gasteiger partial charge in [0.05, 0.1) is 26.4 Å². The van der Waals surface area contributed by atoms with E-state index in [1.165, 1.54) is 57.8 Å². The SMILES string of the molecule is CC/C=C\C/C=C\C/C=C\C/C=C\C/C=C\C/C=C\CCC(=O)OCC(COP(=O)(O)OCC(O)COP(=O)(O)OCC(COC(=O)CCCCCCCC/C=C\C/C=C\C/C=C\C/C=C\CC)OC(=O)CCCCCCCCCCCCC)OC(=O)CCCCCCCC/C=C\C/C=C\C/C=C\CCCCC. The molecule has 0 aromatic heterocycles. The average Bonchev–Trinajstić information content (AvgIpc) is 0.917. The number of unbranched alkanes of at least 4 members (excludes halogenated alkanes) is 25. The summed E-state index contributed by atoms with van der Waals surface area (Å²) in [5.74, 6) is -2.30. The van der Waals surface area contributed by atoms with E-state index in [-0.39, 0.29) is 25.7 Å². The van der Waals surface area contributed by atoms with E-state index in [1.807, 2.05) is 18.2 Å². The molecule has 0 radical (unpaired) electrons. The van der Waals surface area contributed by atoms with Gasteiger partial charge in [-0.1, -0.05) is 314 Å². The van der Waals surface area contributed by atoms with Crippen LogP contribution in [0.2, 0.25) is 0 Å². The molecule has 0 aromatic carbocycles. The molecule has 616 valence electrons. The molecule has 0 aliphatic rings. The standard InChI is InChI=1S/C89H148O17P2/c1-5-9-13-17-21-25-29-32-35-38-41-44-47-50-54-57-61-65-69-73-86(91)99-79-84(105-88(93)75-71-67-63-59-53-28-24-20-16-12-8-4)81-103-107(95,96)101-77-83(90)78-102-108(97,98)104-82-85(106-89(94)76-72-68-64-60-56-52-49-46-43-40-37-34-31-27-23-19-15-11-7-3)80-100-87(92)74-70-66-62-58-55-51-48-45-42-39-36-33-30-26-22-18-14-10-6-2/h9-10,13-14,21-23,25-27,32-37,41-46,51,55,62,66,83-85,90H,5-8,11-12,15-20,24,28-31,38-40,47-50,52-54,56-61,63-65,67-82H2,1-4H3,(H,95,96)(H,97,98)/b13-9-,14-10-,25-21-,26-22-,27-23-,35-32-,36-33-,37-34-,44-41-,45-42-,46-43-,55-51-,66-62-. The first kappa shape index (κ1) is 103. The summed E-state index contributed by atoms with van der Waals surface area (Å²) in [7, 11) is -10.00. The number of phosphoric ester groups is 2. The molecule has 5 unspecified atom stereocenters. The maximum atomic E-state index is 13.1. The third-order valence-electron chi connectivity index (χ3n) is 17.0. The number of rotatable bonds is 77. The Labute approximate surface area is 655 Å². The first-order valence-electron chi connectivity index (χ1n) is 41.7. The van der Waals surface area contributed by atoms with Crippen molar-refractivity contribution in [1.29, 1.82) is 0 Å². The van der Waals surface area contributed by atoms with E-state index in [4.69, 9.17) is 37.0 Å². The number of carbonyl (C=O) groups excluding carboxylic acids is 4.